The van der Waals surface area contributed by atoms with E-state index in [1.54, 1.807) is 0 Å². The summed E-state index contributed by atoms with van der Waals surface area (Å²) in [6.07, 6.45) is 23.0. The number of aromatic nitrogens is 2. The van der Waals surface area contributed by atoms with Gasteiger partial charge in [-0.05, 0) is 97.8 Å². The van der Waals surface area contributed by atoms with Gasteiger partial charge < -0.3 is 9.47 Å². The van der Waals surface area contributed by atoms with Crippen LogP contribution in [0.25, 0.3) is 46.1 Å². The number of nitrogens with zero attached hydrogens (tertiary/aromatic N) is 2. The molecule has 0 fully saturated rings. The summed E-state index contributed by atoms with van der Waals surface area (Å²) in [6.45, 7) is 5.87. The predicted octanol–water partition coefficient (Wildman–Crippen LogP) is 14.1. The smallest absolute Gasteiger partial charge is 0.127 e. The monoisotopic (exact) mass is 796 g/mol. The van der Waals surface area contributed by atoms with Gasteiger partial charge in [0.15, 0.2) is 0 Å². The Morgan fingerprint density at radius 1 is 0.480 bits per heavy atom. The number of fused-ring (bicyclic) bond motifs is 2. The van der Waals surface area contributed by atoms with Crippen LogP contribution in [0.4, 0.5) is 0 Å². The fourth-order valence-corrected chi connectivity index (χ4v) is 6.75. The van der Waals surface area contributed by atoms with Crippen molar-refractivity contribution in [2.24, 2.45) is 0 Å². The molecule has 3 aromatic carbocycles. The molecular formula is C44H50Br2N2O2. The van der Waals surface area contributed by atoms with E-state index in [1.807, 2.05) is 24.3 Å². The predicted molar refractivity (Wildman–Crippen MR) is 221 cm³/mol. The Balaban J connectivity index is 1.43. The molecule has 5 rings (SSSR count). The highest BCUT2D eigenvalue weighted by Gasteiger charge is 2.11. The van der Waals surface area contributed by atoms with Crippen LogP contribution in [0.15, 0.2) is 81.7 Å². The molecule has 0 aliphatic rings. The van der Waals surface area contributed by atoms with Crippen molar-refractivity contribution in [2.75, 3.05) is 13.2 Å². The molecule has 0 aliphatic heterocycles. The first kappa shape index (κ1) is 37.8. The maximum absolute atomic E-state index is 6.53. The number of hydrogen-bond acceptors (Lipinski definition) is 4. The maximum Gasteiger partial charge on any atom is 0.127 e. The average Bonchev–Trinajstić information content (AvgIpc) is 3.12. The molecule has 262 valence electrons. The van der Waals surface area contributed by atoms with E-state index in [0.29, 0.717) is 13.2 Å². The molecule has 0 saturated carbocycles. The Morgan fingerprint density at radius 2 is 0.900 bits per heavy atom. The van der Waals surface area contributed by atoms with Crippen LogP contribution in [0.1, 0.15) is 113 Å². The summed E-state index contributed by atoms with van der Waals surface area (Å²) in [6, 6.07) is 25.0. The third kappa shape index (κ3) is 11.8. The molecule has 0 spiro atoms. The third-order valence-corrected chi connectivity index (χ3v) is 9.85. The van der Waals surface area contributed by atoms with E-state index in [1.165, 1.54) is 64.2 Å². The number of ether oxygens (including phenoxy) is 2. The van der Waals surface area contributed by atoms with E-state index in [4.69, 9.17) is 19.4 Å². The lowest BCUT2D eigenvalue weighted by atomic mass is 10.1. The average molecular weight is 799 g/mol. The van der Waals surface area contributed by atoms with Gasteiger partial charge in [0.2, 0.25) is 0 Å². The minimum Gasteiger partial charge on any atom is -0.493 e. The number of unbranched alkanes of at least 4 members (excludes halogenated alkanes) is 10. The van der Waals surface area contributed by atoms with Crippen molar-refractivity contribution < 1.29 is 9.47 Å². The standard InChI is InChI=1S/C44H50Br2N2O2/c1-3-5-7-9-11-13-27-49-43-31-36(18-24-40-22-16-34-30-38(46)20-26-42(34)48-40)44(50-28-14-12-10-8-6-4-2)32-35(43)17-23-39-21-15-33-29-37(45)19-25-41(33)47-39/h15-26,29-32H,3-14,27-28H2,1-2H3/b23-17+,24-18+. The zero-order valence-corrected chi connectivity index (χ0v) is 32.8. The van der Waals surface area contributed by atoms with Crippen LogP contribution in [-0.4, -0.2) is 23.2 Å². The zero-order chi connectivity index (χ0) is 35.0. The van der Waals surface area contributed by atoms with E-state index >= 15 is 0 Å². The van der Waals surface area contributed by atoms with Crippen LogP contribution >= 0.6 is 31.9 Å². The molecule has 5 aromatic rings. The van der Waals surface area contributed by atoms with Gasteiger partial charge in [-0.2, -0.15) is 0 Å². The Labute approximate surface area is 315 Å². The largest absolute Gasteiger partial charge is 0.493 e. The van der Waals surface area contributed by atoms with Crippen molar-refractivity contribution in [3.8, 4) is 11.5 Å². The molecule has 0 radical (unpaired) electrons. The summed E-state index contributed by atoms with van der Waals surface area (Å²) in [5.41, 5.74) is 5.70. The maximum atomic E-state index is 6.53. The second kappa shape index (κ2) is 20.4. The van der Waals surface area contributed by atoms with Gasteiger partial charge in [-0.3, -0.25) is 0 Å². The Bertz CT molecular complexity index is 1750. The number of halogens is 2. The van der Waals surface area contributed by atoms with Crippen molar-refractivity contribution in [2.45, 2.75) is 90.9 Å². The highest BCUT2D eigenvalue weighted by atomic mass is 79.9. The topological polar surface area (TPSA) is 44.2 Å². The van der Waals surface area contributed by atoms with Crippen LogP contribution in [0.3, 0.4) is 0 Å². The minimum atomic E-state index is 0.680. The summed E-state index contributed by atoms with van der Waals surface area (Å²) >= 11 is 7.14. The second-order valence-electron chi connectivity index (χ2n) is 13.0. The lowest BCUT2D eigenvalue weighted by Gasteiger charge is -2.15. The fourth-order valence-electron chi connectivity index (χ4n) is 5.99. The van der Waals surface area contributed by atoms with E-state index in [9.17, 15) is 0 Å². The van der Waals surface area contributed by atoms with Crippen molar-refractivity contribution in [1.82, 2.24) is 9.97 Å². The number of benzene rings is 3. The molecule has 0 bridgehead atoms. The van der Waals surface area contributed by atoms with Crippen molar-refractivity contribution >= 4 is 78.0 Å². The third-order valence-electron chi connectivity index (χ3n) is 8.87. The van der Waals surface area contributed by atoms with Gasteiger partial charge >= 0.3 is 0 Å². The van der Waals surface area contributed by atoms with E-state index in [2.05, 4.69) is 119 Å². The van der Waals surface area contributed by atoms with E-state index < -0.39 is 0 Å². The number of pyridine rings is 2. The molecule has 4 nitrogen and oxygen atoms in total. The normalized spacial score (nSPS) is 11.8. The van der Waals surface area contributed by atoms with Crippen molar-refractivity contribution in [1.29, 1.82) is 0 Å². The fraction of sp³-hybridized carbons (Fsp3) is 0.364. The Morgan fingerprint density at radius 3 is 1.34 bits per heavy atom. The first-order valence-corrected chi connectivity index (χ1v) is 20.0. The van der Waals surface area contributed by atoms with Gasteiger partial charge in [0.1, 0.15) is 11.5 Å². The first-order valence-electron chi connectivity index (χ1n) is 18.4. The molecule has 0 N–H and O–H groups in total. The van der Waals surface area contributed by atoms with E-state index in [-0.39, 0.29) is 0 Å². The molecule has 0 unspecified atom stereocenters. The quantitative estimate of drug-likeness (QED) is 0.0736. The molecule has 2 aromatic heterocycles. The molecular weight excluding hydrogens is 748 g/mol. The van der Waals surface area contributed by atoms with Crippen molar-refractivity contribution in [3.05, 3.63) is 104 Å². The second-order valence-corrected chi connectivity index (χ2v) is 14.8. The van der Waals surface area contributed by atoms with E-state index in [0.717, 1.165) is 77.6 Å². The van der Waals surface area contributed by atoms with Gasteiger partial charge in [0.05, 0.1) is 35.6 Å². The summed E-state index contributed by atoms with van der Waals surface area (Å²) in [7, 11) is 0. The molecule has 0 aliphatic carbocycles. The van der Waals surface area contributed by atoms with Crippen LogP contribution < -0.4 is 9.47 Å². The Hall–Kier alpha value is -3.48. The first-order chi connectivity index (χ1) is 24.5. The molecule has 50 heavy (non-hydrogen) atoms. The molecule has 0 saturated heterocycles. The van der Waals surface area contributed by atoms with Gasteiger partial charge in [-0.15, -0.1) is 0 Å². The summed E-state index contributed by atoms with van der Waals surface area (Å²) < 4.78 is 15.2. The summed E-state index contributed by atoms with van der Waals surface area (Å²) in [4.78, 5) is 9.78. The lowest BCUT2D eigenvalue weighted by Crippen LogP contribution is -2.03. The number of rotatable bonds is 20. The zero-order valence-electron chi connectivity index (χ0n) is 29.6. The Kier molecular flexibility index (Phi) is 15.4. The van der Waals surface area contributed by atoms with Gasteiger partial charge in [0, 0.05) is 30.8 Å². The summed E-state index contributed by atoms with van der Waals surface area (Å²) in [5.74, 6) is 1.70. The molecule has 0 amide bonds. The lowest BCUT2D eigenvalue weighted by molar-refractivity contribution is 0.295. The highest BCUT2D eigenvalue weighted by molar-refractivity contribution is 9.10. The van der Waals surface area contributed by atoms with Crippen LogP contribution in [0.2, 0.25) is 0 Å². The minimum absolute atomic E-state index is 0.680. The van der Waals surface area contributed by atoms with Crippen LogP contribution in [0.5, 0.6) is 11.5 Å². The highest BCUT2D eigenvalue weighted by Crippen LogP contribution is 2.33. The van der Waals surface area contributed by atoms with Crippen LogP contribution in [-0.2, 0) is 0 Å². The SMILES string of the molecule is CCCCCCCCOc1cc(/C=C/c2ccc3cc(Br)ccc3n2)c(OCCCCCCCC)cc1/C=C/c1ccc2cc(Br)ccc2n1. The van der Waals surface area contributed by atoms with Crippen molar-refractivity contribution in [3.63, 3.8) is 0 Å². The van der Waals surface area contributed by atoms with Gasteiger partial charge in [-0.25, -0.2) is 9.97 Å². The van der Waals surface area contributed by atoms with Gasteiger partial charge in [0.25, 0.3) is 0 Å². The number of hydrogen-bond donors (Lipinski definition) is 0. The molecule has 6 heteroatoms. The van der Waals surface area contributed by atoms with Crippen LogP contribution in [0, 0.1) is 0 Å². The van der Waals surface area contributed by atoms with Gasteiger partial charge in [-0.1, -0.05) is 122 Å². The molecule has 0 atom stereocenters. The molecule has 2 heterocycles. The summed E-state index contributed by atoms with van der Waals surface area (Å²) in [5, 5.41) is 2.21.